The van der Waals surface area contributed by atoms with E-state index < -0.39 is 0 Å². The Hall–Kier alpha value is -1.99. The summed E-state index contributed by atoms with van der Waals surface area (Å²) in [7, 11) is 0. The van der Waals surface area contributed by atoms with E-state index in [0.717, 1.165) is 18.2 Å². The number of thioether (sulfide) groups is 1. The smallest absolute Gasteiger partial charge is 0.258 e. The van der Waals surface area contributed by atoms with E-state index in [9.17, 15) is 14.7 Å². The summed E-state index contributed by atoms with van der Waals surface area (Å²) in [5.74, 6) is -0.0520. The predicted molar refractivity (Wildman–Crippen MR) is 100 cm³/mol. The molecule has 2 aromatic rings. The number of halogens is 1. The van der Waals surface area contributed by atoms with Crippen LogP contribution in [0.2, 0.25) is 5.02 Å². The predicted octanol–water partition coefficient (Wildman–Crippen LogP) is 3.45. The molecule has 25 heavy (non-hydrogen) atoms. The Morgan fingerprint density at radius 2 is 2.04 bits per heavy atom. The third kappa shape index (κ3) is 6.10. The molecule has 1 aromatic heterocycles. The maximum Gasteiger partial charge on any atom is 0.258 e. The molecule has 0 radical (unpaired) electrons. The summed E-state index contributed by atoms with van der Waals surface area (Å²) in [6, 6.07) is 6.75. The first-order valence-electron chi connectivity index (χ1n) is 7.85. The zero-order chi connectivity index (χ0) is 18.4. The Morgan fingerprint density at radius 3 is 2.64 bits per heavy atom. The molecule has 0 saturated heterocycles. The Bertz CT molecular complexity index is 791. The first-order chi connectivity index (χ1) is 11.8. The van der Waals surface area contributed by atoms with Gasteiger partial charge in [-0.15, -0.1) is 0 Å². The molecule has 2 rings (SSSR count). The number of rotatable bonds is 7. The molecule has 6 nitrogen and oxygen atoms in total. The topological polar surface area (TPSA) is 95.1 Å². The van der Waals surface area contributed by atoms with Crippen LogP contribution in [-0.4, -0.2) is 26.7 Å². The van der Waals surface area contributed by atoms with Gasteiger partial charge >= 0.3 is 0 Å². The Morgan fingerprint density at radius 1 is 1.36 bits per heavy atom. The monoisotopic (exact) mass is 381 g/mol. The fraction of sp³-hybridized carbons (Fsp3) is 0.353. The number of benzene rings is 1. The standard InChI is InChI=1S/C17H20ClN3O3S/c1-10(2)3-8-13-15(23)20-17(21-16(13)24)25-9-14(22)19-12-6-4-11(18)5-7-12/h4-7,10H,3,8-9H2,1-2H3,(H,19,22)(H2,20,21,23,24). The summed E-state index contributed by atoms with van der Waals surface area (Å²) in [5, 5.41) is 13.5. The van der Waals surface area contributed by atoms with Gasteiger partial charge in [0.2, 0.25) is 11.8 Å². The molecule has 134 valence electrons. The van der Waals surface area contributed by atoms with Gasteiger partial charge in [0.1, 0.15) is 0 Å². The summed E-state index contributed by atoms with van der Waals surface area (Å²) in [6.07, 6.45) is 1.25. The molecule has 1 aromatic carbocycles. The lowest BCUT2D eigenvalue weighted by atomic mass is 10.0. The molecule has 0 fully saturated rings. The number of aromatic amines is 1. The number of H-pyrrole nitrogens is 1. The lowest BCUT2D eigenvalue weighted by Gasteiger charge is -2.08. The fourth-order valence-electron chi connectivity index (χ4n) is 2.06. The summed E-state index contributed by atoms with van der Waals surface area (Å²) in [5.41, 5.74) is 0.542. The Balaban J connectivity index is 1.95. The first kappa shape index (κ1) is 19.3. The van der Waals surface area contributed by atoms with Crippen LogP contribution in [0.3, 0.4) is 0 Å². The van der Waals surface area contributed by atoms with Crippen molar-refractivity contribution in [1.29, 1.82) is 0 Å². The first-order valence-corrected chi connectivity index (χ1v) is 9.22. The van der Waals surface area contributed by atoms with Gasteiger partial charge in [0.25, 0.3) is 5.56 Å². The van der Waals surface area contributed by atoms with Crippen molar-refractivity contribution in [1.82, 2.24) is 9.97 Å². The van der Waals surface area contributed by atoms with Crippen molar-refractivity contribution < 1.29 is 9.90 Å². The molecule has 1 amide bonds. The zero-order valence-electron chi connectivity index (χ0n) is 14.0. The van der Waals surface area contributed by atoms with Crippen molar-refractivity contribution in [2.45, 2.75) is 31.8 Å². The van der Waals surface area contributed by atoms with E-state index in [4.69, 9.17) is 11.6 Å². The molecule has 8 heteroatoms. The van der Waals surface area contributed by atoms with Gasteiger partial charge in [0.05, 0.1) is 11.3 Å². The van der Waals surface area contributed by atoms with Gasteiger partial charge in [0.15, 0.2) is 5.16 Å². The lowest BCUT2D eigenvalue weighted by Crippen LogP contribution is -2.17. The summed E-state index contributed by atoms with van der Waals surface area (Å²) in [4.78, 5) is 30.6. The van der Waals surface area contributed by atoms with Crippen molar-refractivity contribution in [2.75, 3.05) is 11.1 Å². The minimum Gasteiger partial charge on any atom is -0.493 e. The number of hydrogen-bond acceptors (Lipinski definition) is 5. The van der Waals surface area contributed by atoms with Gasteiger partial charge in [0, 0.05) is 10.7 Å². The van der Waals surface area contributed by atoms with Crippen LogP contribution in [0.5, 0.6) is 5.88 Å². The van der Waals surface area contributed by atoms with E-state index in [-0.39, 0.29) is 33.8 Å². The average molecular weight is 382 g/mol. The van der Waals surface area contributed by atoms with E-state index in [0.29, 0.717) is 23.0 Å². The number of nitrogens with zero attached hydrogens (tertiary/aromatic N) is 1. The zero-order valence-corrected chi connectivity index (χ0v) is 15.6. The molecule has 0 atom stereocenters. The van der Waals surface area contributed by atoms with Crippen LogP contribution >= 0.6 is 23.4 Å². The molecular formula is C17H20ClN3O3S. The quantitative estimate of drug-likeness (QED) is 0.504. The van der Waals surface area contributed by atoms with Crippen LogP contribution in [0, 0.1) is 5.92 Å². The highest BCUT2D eigenvalue weighted by Gasteiger charge is 2.13. The molecule has 0 aliphatic rings. The minimum absolute atomic E-state index is 0.0519. The van der Waals surface area contributed by atoms with Crippen molar-refractivity contribution in [2.24, 2.45) is 5.92 Å². The van der Waals surface area contributed by atoms with Gasteiger partial charge in [-0.2, -0.15) is 4.98 Å². The molecule has 0 spiro atoms. The number of hydrogen-bond donors (Lipinski definition) is 3. The lowest BCUT2D eigenvalue weighted by molar-refractivity contribution is -0.113. The van der Waals surface area contributed by atoms with E-state index in [1.165, 1.54) is 0 Å². The van der Waals surface area contributed by atoms with Gasteiger partial charge in [-0.1, -0.05) is 37.2 Å². The average Bonchev–Trinajstić information content (AvgIpc) is 2.54. The second kappa shape index (κ2) is 8.92. The number of nitrogens with one attached hydrogen (secondary N) is 2. The van der Waals surface area contributed by atoms with Crippen LogP contribution in [0.4, 0.5) is 5.69 Å². The SMILES string of the molecule is CC(C)CCc1c(O)nc(SCC(=O)Nc2ccc(Cl)cc2)[nH]c1=O. The molecule has 3 N–H and O–H groups in total. The highest BCUT2D eigenvalue weighted by molar-refractivity contribution is 7.99. The summed E-state index contributed by atoms with van der Waals surface area (Å²) < 4.78 is 0. The van der Waals surface area contributed by atoms with Crippen LogP contribution < -0.4 is 10.9 Å². The van der Waals surface area contributed by atoms with Gasteiger partial charge in [-0.25, -0.2) is 0 Å². The van der Waals surface area contributed by atoms with Gasteiger partial charge < -0.3 is 15.4 Å². The van der Waals surface area contributed by atoms with Crippen LogP contribution in [0.1, 0.15) is 25.8 Å². The third-order valence-corrected chi connectivity index (χ3v) is 4.54. The van der Waals surface area contributed by atoms with E-state index in [1.54, 1.807) is 24.3 Å². The number of aromatic nitrogens is 2. The number of aromatic hydroxyl groups is 1. The van der Waals surface area contributed by atoms with Gasteiger partial charge in [-0.3, -0.25) is 9.59 Å². The van der Waals surface area contributed by atoms with Crippen molar-refractivity contribution in [3.8, 4) is 5.88 Å². The molecular weight excluding hydrogens is 362 g/mol. The van der Waals surface area contributed by atoms with E-state index >= 15 is 0 Å². The van der Waals surface area contributed by atoms with Crippen molar-refractivity contribution in [3.63, 3.8) is 0 Å². The fourth-order valence-corrected chi connectivity index (χ4v) is 2.84. The van der Waals surface area contributed by atoms with Crippen molar-refractivity contribution in [3.05, 3.63) is 45.2 Å². The highest BCUT2D eigenvalue weighted by atomic mass is 35.5. The van der Waals surface area contributed by atoms with Crippen LogP contribution in [0.15, 0.2) is 34.2 Å². The maximum absolute atomic E-state index is 12.1. The van der Waals surface area contributed by atoms with Gasteiger partial charge in [-0.05, 0) is 43.0 Å². The molecule has 0 aliphatic carbocycles. The number of carbonyl (C=O) groups is 1. The molecule has 1 heterocycles. The largest absolute Gasteiger partial charge is 0.493 e. The minimum atomic E-state index is -0.367. The second-order valence-electron chi connectivity index (χ2n) is 5.95. The molecule has 0 bridgehead atoms. The third-order valence-electron chi connectivity index (χ3n) is 3.41. The molecule has 0 saturated carbocycles. The van der Waals surface area contributed by atoms with Crippen LogP contribution in [0.25, 0.3) is 0 Å². The number of anilines is 1. The Kier molecular flexibility index (Phi) is 6.90. The number of carbonyl (C=O) groups excluding carboxylic acids is 1. The van der Waals surface area contributed by atoms with E-state index in [1.807, 2.05) is 13.8 Å². The molecule has 0 unspecified atom stereocenters. The summed E-state index contributed by atoms with van der Waals surface area (Å²) >= 11 is 6.84. The number of amides is 1. The molecule has 0 aliphatic heterocycles. The normalized spacial score (nSPS) is 10.9. The highest BCUT2D eigenvalue weighted by Crippen LogP contribution is 2.19. The van der Waals surface area contributed by atoms with Crippen molar-refractivity contribution >= 4 is 35.0 Å². The van der Waals surface area contributed by atoms with E-state index in [2.05, 4.69) is 15.3 Å². The Labute approximate surface area is 155 Å². The summed E-state index contributed by atoms with van der Waals surface area (Å²) in [6.45, 7) is 4.09. The van der Waals surface area contributed by atoms with Crippen LogP contribution in [-0.2, 0) is 11.2 Å². The second-order valence-corrected chi connectivity index (χ2v) is 7.35. The maximum atomic E-state index is 12.1.